The van der Waals surface area contributed by atoms with Gasteiger partial charge in [-0.3, -0.25) is 9.89 Å². The number of fused-ring (bicyclic) bond motifs is 1. The number of hydrogen-bond acceptors (Lipinski definition) is 4. The van der Waals surface area contributed by atoms with Crippen LogP contribution >= 0.6 is 0 Å². The smallest absolute Gasteiger partial charge is 0.228 e. The highest BCUT2D eigenvalue weighted by molar-refractivity contribution is 6.00. The van der Waals surface area contributed by atoms with Crippen LogP contribution in [0.4, 0.5) is 5.82 Å². The molecular formula is C23H29N3O3. The lowest BCUT2D eigenvalue weighted by atomic mass is 9.97. The maximum atomic E-state index is 12.7. The van der Waals surface area contributed by atoms with Crippen LogP contribution in [-0.4, -0.2) is 23.2 Å². The van der Waals surface area contributed by atoms with Crippen LogP contribution in [0.25, 0.3) is 10.9 Å². The Hall–Kier alpha value is -3.02. The average molecular weight is 396 g/mol. The second-order valence-corrected chi connectivity index (χ2v) is 7.18. The van der Waals surface area contributed by atoms with Crippen LogP contribution < -0.4 is 14.8 Å². The van der Waals surface area contributed by atoms with Crippen molar-refractivity contribution < 1.29 is 14.3 Å². The van der Waals surface area contributed by atoms with Crippen LogP contribution in [0, 0.1) is 5.92 Å². The highest BCUT2D eigenvalue weighted by Crippen LogP contribution is 2.27. The van der Waals surface area contributed by atoms with E-state index in [2.05, 4.69) is 29.4 Å². The van der Waals surface area contributed by atoms with E-state index in [-0.39, 0.29) is 11.8 Å². The first-order valence-electron chi connectivity index (χ1n) is 10.2. The molecule has 2 aromatic carbocycles. The Labute approximate surface area is 171 Å². The van der Waals surface area contributed by atoms with Gasteiger partial charge in [0.1, 0.15) is 18.1 Å². The summed E-state index contributed by atoms with van der Waals surface area (Å²) in [6.07, 6.45) is 3.75. The zero-order chi connectivity index (χ0) is 20.6. The number of anilines is 1. The minimum absolute atomic E-state index is 0.0178. The first kappa shape index (κ1) is 20.7. The number of benzene rings is 2. The van der Waals surface area contributed by atoms with Crippen molar-refractivity contribution in [1.29, 1.82) is 0 Å². The summed E-state index contributed by atoms with van der Waals surface area (Å²) in [5.74, 6) is 2.12. The lowest BCUT2D eigenvalue weighted by molar-refractivity contribution is -0.120. The van der Waals surface area contributed by atoms with E-state index in [0.29, 0.717) is 12.4 Å². The number of amides is 1. The number of aromatic amines is 1. The molecule has 0 saturated carbocycles. The van der Waals surface area contributed by atoms with Crippen molar-refractivity contribution >= 4 is 22.6 Å². The Morgan fingerprint density at radius 3 is 2.62 bits per heavy atom. The summed E-state index contributed by atoms with van der Waals surface area (Å²) in [6.45, 7) is 4.63. The molecule has 0 saturated heterocycles. The Balaban J connectivity index is 1.73. The van der Waals surface area contributed by atoms with Crippen molar-refractivity contribution in [3.63, 3.8) is 0 Å². The largest absolute Gasteiger partial charge is 0.497 e. The lowest BCUT2D eigenvalue weighted by Gasteiger charge is -2.14. The summed E-state index contributed by atoms with van der Waals surface area (Å²) in [5.41, 5.74) is 1.88. The minimum atomic E-state index is 0.0178. The van der Waals surface area contributed by atoms with Crippen LogP contribution in [0.15, 0.2) is 42.5 Å². The van der Waals surface area contributed by atoms with Gasteiger partial charge in [-0.05, 0) is 48.7 Å². The molecule has 29 heavy (non-hydrogen) atoms. The van der Waals surface area contributed by atoms with Gasteiger partial charge < -0.3 is 14.8 Å². The highest BCUT2D eigenvalue weighted by atomic mass is 16.5. The number of carbonyl (C=O) groups is 1. The topological polar surface area (TPSA) is 76.2 Å². The maximum absolute atomic E-state index is 12.7. The summed E-state index contributed by atoms with van der Waals surface area (Å²) < 4.78 is 11.2. The van der Waals surface area contributed by atoms with Gasteiger partial charge >= 0.3 is 0 Å². The Morgan fingerprint density at radius 1 is 1.10 bits per heavy atom. The molecule has 0 unspecified atom stereocenters. The zero-order valence-corrected chi connectivity index (χ0v) is 17.3. The van der Waals surface area contributed by atoms with Crippen molar-refractivity contribution in [2.24, 2.45) is 5.92 Å². The average Bonchev–Trinajstić information content (AvgIpc) is 3.14. The summed E-state index contributed by atoms with van der Waals surface area (Å²) >= 11 is 0. The van der Waals surface area contributed by atoms with Gasteiger partial charge in [0.25, 0.3) is 0 Å². The zero-order valence-electron chi connectivity index (χ0n) is 17.3. The van der Waals surface area contributed by atoms with Crippen molar-refractivity contribution in [1.82, 2.24) is 10.2 Å². The monoisotopic (exact) mass is 395 g/mol. The fourth-order valence-electron chi connectivity index (χ4n) is 3.43. The van der Waals surface area contributed by atoms with E-state index in [1.807, 2.05) is 42.5 Å². The van der Waals surface area contributed by atoms with E-state index in [1.54, 1.807) is 7.11 Å². The molecule has 6 nitrogen and oxygen atoms in total. The van der Waals surface area contributed by atoms with Crippen molar-refractivity contribution in [3.8, 4) is 11.5 Å². The summed E-state index contributed by atoms with van der Waals surface area (Å²) in [4.78, 5) is 12.7. The molecule has 0 radical (unpaired) electrons. The third-order valence-corrected chi connectivity index (χ3v) is 4.96. The number of nitrogens with one attached hydrogen (secondary N) is 2. The predicted molar refractivity (Wildman–Crippen MR) is 115 cm³/mol. The number of aromatic nitrogens is 2. The first-order chi connectivity index (χ1) is 14.1. The molecule has 154 valence electrons. The van der Waals surface area contributed by atoms with E-state index in [0.717, 1.165) is 53.6 Å². The van der Waals surface area contributed by atoms with Gasteiger partial charge in [0.05, 0.1) is 12.6 Å². The van der Waals surface area contributed by atoms with Crippen molar-refractivity contribution in [2.45, 2.75) is 46.1 Å². The molecule has 0 bridgehead atoms. The number of ether oxygens (including phenoxy) is 2. The van der Waals surface area contributed by atoms with Crippen LogP contribution in [0.3, 0.4) is 0 Å². The fourth-order valence-corrected chi connectivity index (χ4v) is 3.43. The van der Waals surface area contributed by atoms with E-state index in [9.17, 15) is 4.79 Å². The summed E-state index contributed by atoms with van der Waals surface area (Å²) in [7, 11) is 1.65. The number of rotatable bonds is 10. The van der Waals surface area contributed by atoms with Gasteiger partial charge in [-0.25, -0.2) is 0 Å². The van der Waals surface area contributed by atoms with E-state index in [1.165, 1.54) is 0 Å². The molecule has 2 N–H and O–H groups in total. The molecule has 6 heteroatoms. The van der Waals surface area contributed by atoms with Crippen LogP contribution in [0.1, 0.15) is 45.1 Å². The number of H-pyrrole nitrogens is 1. The van der Waals surface area contributed by atoms with Gasteiger partial charge in [0, 0.05) is 11.3 Å². The maximum Gasteiger partial charge on any atom is 0.228 e. The van der Waals surface area contributed by atoms with Crippen LogP contribution in [0.2, 0.25) is 0 Å². The second kappa shape index (κ2) is 9.96. The van der Waals surface area contributed by atoms with Gasteiger partial charge in [-0.15, -0.1) is 0 Å². The molecule has 1 aromatic heterocycles. The van der Waals surface area contributed by atoms with Crippen molar-refractivity contribution in [2.75, 3.05) is 12.4 Å². The van der Waals surface area contributed by atoms with Crippen molar-refractivity contribution in [3.05, 3.63) is 48.0 Å². The number of nitrogens with zero attached hydrogens (tertiary/aromatic N) is 1. The molecule has 0 aliphatic heterocycles. The molecule has 3 rings (SSSR count). The van der Waals surface area contributed by atoms with Gasteiger partial charge in [0.15, 0.2) is 5.82 Å². The standard InChI is InChI=1S/C23H29N3O3/c1-4-7-17(8-5-2)23(27)24-22-20-14-19(11-12-21(20)25-26-22)29-15-16-9-6-10-18(13-16)28-3/h6,9-14,17H,4-5,7-8,15H2,1-3H3,(H2,24,25,26,27). The predicted octanol–water partition coefficient (Wildman–Crippen LogP) is 5.31. The molecule has 3 aromatic rings. The van der Waals surface area contributed by atoms with E-state index >= 15 is 0 Å². The lowest BCUT2D eigenvalue weighted by Crippen LogP contribution is -2.23. The summed E-state index contributed by atoms with van der Waals surface area (Å²) in [5, 5.41) is 11.1. The van der Waals surface area contributed by atoms with Gasteiger partial charge in [-0.1, -0.05) is 38.8 Å². The number of methoxy groups -OCH3 is 1. The molecule has 1 heterocycles. The van der Waals surface area contributed by atoms with Gasteiger partial charge in [0.2, 0.25) is 5.91 Å². The summed E-state index contributed by atoms with van der Waals surface area (Å²) in [6, 6.07) is 13.5. The third-order valence-electron chi connectivity index (χ3n) is 4.96. The van der Waals surface area contributed by atoms with E-state index in [4.69, 9.17) is 9.47 Å². The van der Waals surface area contributed by atoms with Crippen LogP contribution in [-0.2, 0) is 11.4 Å². The normalized spacial score (nSPS) is 11.0. The Kier molecular flexibility index (Phi) is 7.11. The highest BCUT2D eigenvalue weighted by Gasteiger charge is 2.19. The third kappa shape index (κ3) is 5.28. The number of carbonyl (C=O) groups excluding carboxylic acids is 1. The SMILES string of the molecule is CCCC(CCC)C(=O)Nc1n[nH]c2ccc(OCc3cccc(OC)c3)cc12. The number of hydrogen-bond donors (Lipinski definition) is 2. The molecule has 0 aliphatic rings. The second-order valence-electron chi connectivity index (χ2n) is 7.18. The first-order valence-corrected chi connectivity index (χ1v) is 10.2. The molecular weight excluding hydrogens is 366 g/mol. The minimum Gasteiger partial charge on any atom is -0.497 e. The molecule has 0 fully saturated rings. The van der Waals surface area contributed by atoms with E-state index < -0.39 is 0 Å². The quantitative estimate of drug-likeness (QED) is 0.488. The van der Waals surface area contributed by atoms with Crippen LogP contribution in [0.5, 0.6) is 11.5 Å². The Morgan fingerprint density at radius 2 is 1.90 bits per heavy atom. The molecule has 0 aliphatic carbocycles. The van der Waals surface area contributed by atoms with Gasteiger partial charge in [-0.2, -0.15) is 5.10 Å². The molecule has 0 atom stereocenters. The molecule has 0 spiro atoms. The fraction of sp³-hybridized carbons (Fsp3) is 0.391. The Bertz CT molecular complexity index is 945. The molecule has 1 amide bonds.